The second-order valence-corrected chi connectivity index (χ2v) is 7.73. The van der Waals surface area contributed by atoms with E-state index >= 15 is 0 Å². The highest BCUT2D eigenvalue weighted by Gasteiger charge is 2.27. The van der Waals surface area contributed by atoms with E-state index in [4.69, 9.17) is 16.3 Å². The molecule has 2 amide bonds. The maximum Gasteiger partial charge on any atom is 0.262 e. The Labute approximate surface area is 180 Å². The Morgan fingerprint density at radius 2 is 1.83 bits per heavy atom. The van der Waals surface area contributed by atoms with Crippen molar-refractivity contribution in [2.75, 3.05) is 16.8 Å². The van der Waals surface area contributed by atoms with Gasteiger partial charge in [-0.2, -0.15) is 0 Å². The van der Waals surface area contributed by atoms with Crippen LogP contribution in [0.25, 0.3) is 0 Å². The second kappa shape index (κ2) is 8.20. The Kier molecular flexibility index (Phi) is 5.46. The normalized spacial score (nSPS) is 12.6. The molecule has 0 spiro atoms. The van der Waals surface area contributed by atoms with Crippen LogP contribution in [0.2, 0.25) is 5.02 Å². The van der Waals surface area contributed by atoms with Crippen LogP contribution in [0.4, 0.5) is 11.4 Å². The van der Waals surface area contributed by atoms with Crippen molar-refractivity contribution in [3.63, 3.8) is 0 Å². The number of halogens is 1. The van der Waals surface area contributed by atoms with Crippen molar-refractivity contribution in [1.29, 1.82) is 0 Å². The summed E-state index contributed by atoms with van der Waals surface area (Å²) in [4.78, 5) is 26.6. The molecule has 0 saturated heterocycles. The largest absolute Gasteiger partial charge is 0.482 e. The first-order valence-electron chi connectivity index (χ1n) is 9.61. The Morgan fingerprint density at radius 3 is 2.53 bits per heavy atom. The van der Waals surface area contributed by atoms with Gasteiger partial charge in [-0.25, -0.2) is 0 Å². The number of nitrogens with one attached hydrogen (secondary N) is 1. The molecule has 152 valence electrons. The van der Waals surface area contributed by atoms with Crippen molar-refractivity contribution in [2.24, 2.45) is 0 Å². The molecule has 3 aromatic carbocycles. The summed E-state index contributed by atoms with van der Waals surface area (Å²) < 4.78 is 5.61. The fourth-order valence-corrected chi connectivity index (χ4v) is 3.98. The SMILES string of the molecule is Cc1cc(C)c(OCC(=O)Nc2ccc(N3Cc4ccccc4C3=O)cc2)c(Cl)c1. The van der Waals surface area contributed by atoms with Gasteiger partial charge in [-0.3, -0.25) is 9.59 Å². The van der Waals surface area contributed by atoms with Crippen LogP contribution in [-0.4, -0.2) is 18.4 Å². The first-order chi connectivity index (χ1) is 14.4. The molecular weight excluding hydrogens is 400 g/mol. The molecule has 5 nitrogen and oxygen atoms in total. The Balaban J connectivity index is 1.37. The van der Waals surface area contributed by atoms with Crippen LogP contribution in [0.5, 0.6) is 5.75 Å². The fourth-order valence-electron chi connectivity index (χ4n) is 3.61. The van der Waals surface area contributed by atoms with Crippen LogP contribution in [0, 0.1) is 13.8 Å². The third kappa shape index (κ3) is 4.02. The van der Waals surface area contributed by atoms with Gasteiger partial charge < -0.3 is 15.0 Å². The molecule has 0 unspecified atom stereocenters. The summed E-state index contributed by atoms with van der Waals surface area (Å²) in [5.41, 5.74) is 5.08. The van der Waals surface area contributed by atoms with Gasteiger partial charge in [0.05, 0.1) is 11.6 Å². The molecule has 1 N–H and O–H groups in total. The predicted molar refractivity (Wildman–Crippen MR) is 118 cm³/mol. The average Bonchev–Trinajstić information content (AvgIpc) is 3.05. The third-order valence-electron chi connectivity index (χ3n) is 5.01. The van der Waals surface area contributed by atoms with Gasteiger partial charge in [0.2, 0.25) is 0 Å². The summed E-state index contributed by atoms with van der Waals surface area (Å²) in [7, 11) is 0. The molecule has 1 aliphatic rings. The van der Waals surface area contributed by atoms with E-state index in [2.05, 4.69) is 5.32 Å². The molecular formula is C24H21ClN2O3. The Morgan fingerprint density at radius 1 is 1.10 bits per heavy atom. The maximum atomic E-state index is 12.6. The predicted octanol–water partition coefficient (Wildman–Crippen LogP) is 5.13. The molecule has 0 fully saturated rings. The molecule has 0 saturated carbocycles. The molecule has 3 aromatic rings. The second-order valence-electron chi connectivity index (χ2n) is 7.32. The van der Waals surface area contributed by atoms with Crippen LogP contribution < -0.4 is 15.0 Å². The first kappa shape index (κ1) is 20.0. The molecule has 0 bridgehead atoms. The lowest BCUT2D eigenvalue weighted by molar-refractivity contribution is -0.118. The van der Waals surface area contributed by atoms with Gasteiger partial charge in [0.25, 0.3) is 11.8 Å². The smallest absolute Gasteiger partial charge is 0.262 e. The summed E-state index contributed by atoms with van der Waals surface area (Å²) in [6, 6.07) is 18.5. The molecule has 0 aromatic heterocycles. The zero-order valence-corrected chi connectivity index (χ0v) is 17.5. The van der Waals surface area contributed by atoms with Gasteiger partial charge in [0, 0.05) is 16.9 Å². The van der Waals surface area contributed by atoms with Gasteiger partial charge in [0.1, 0.15) is 5.75 Å². The van der Waals surface area contributed by atoms with Gasteiger partial charge in [-0.1, -0.05) is 35.9 Å². The van der Waals surface area contributed by atoms with Crippen molar-refractivity contribution in [3.8, 4) is 5.75 Å². The quantitative estimate of drug-likeness (QED) is 0.622. The molecule has 30 heavy (non-hydrogen) atoms. The van der Waals surface area contributed by atoms with Crippen LogP contribution >= 0.6 is 11.6 Å². The summed E-state index contributed by atoms with van der Waals surface area (Å²) in [6.45, 7) is 4.24. The number of amides is 2. The molecule has 1 heterocycles. The Bertz CT molecular complexity index is 1100. The van der Waals surface area contributed by atoms with Crippen LogP contribution in [-0.2, 0) is 11.3 Å². The first-order valence-corrected chi connectivity index (χ1v) is 9.99. The standard InChI is InChI=1S/C24H21ClN2O3/c1-15-11-16(2)23(21(25)12-15)30-14-22(28)26-18-7-9-19(10-8-18)27-13-17-5-3-4-6-20(17)24(27)29/h3-12H,13-14H2,1-2H3,(H,26,28). The van der Waals surface area contributed by atoms with E-state index in [1.54, 1.807) is 23.1 Å². The van der Waals surface area contributed by atoms with Crippen molar-refractivity contribution >= 4 is 34.8 Å². The fraction of sp³-hybridized carbons (Fsp3) is 0.167. The van der Waals surface area contributed by atoms with Crippen LogP contribution in [0.1, 0.15) is 27.0 Å². The highest BCUT2D eigenvalue weighted by Crippen LogP contribution is 2.30. The van der Waals surface area contributed by atoms with Crippen LogP contribution in [0.3, 0.4) is 0 Å². The molecule has 0 aliphatic carbocycles. The lowest BCUT2D eigenvalue weighted by Crippen LogP contribution is -2.23. The number of benzene rings is 3. The minimum atomic E-state index is -0.288. The molecule has 4 rings (SSSR count). The topological polar surface area (TPSA) is 58.6 Å². The maximum absolute atomic E-state index is 12.6. The monoisotopic (exact) mass is 420 g/mol. The van der Waals surface area contributed by atoms with Crippen molar-refractivity contribution < 1.29 is 14.3 Å². The number of aryl methyl sites for hydroxylation is 2. The summed E-state index contributed by atoms with van der Waals surface area (Å²) in [5, 5.41) is 3.29. The summed E-state index contributed by atoms with van der Waals surface area (Å²) in [5.74, 6) is 0.212. The van der Waals surface area contributed by atoms with Gasteiger partial charge in [0.15, 0.2) is 6.61 Å². The number of hydrogen-bond donors (Lipinski definition) is 1. The number of fused-ring (bicyclic) bond motifs is 1. The highest BCUT2D eigenvalue weighted by atomic mass is 35.5. The van der Waals surface area contributed by atoms with E-state index in [-0.39, 0.29) is 18.4 Å². The number of ether oxygens (including phenoxy) is 1. The Hall–Kier alpha value is -3.31. The number of anilines is 2. The van der Waals surface area contributed by atoms with Gasteiger partial charge >= 0.3 is 0 Å². The van der Waals surface area contributed by atoms with Crippen molar-refractivity contribution in [1.82, 2.24) is 0 Å². The zero-order valence-electron chi connectivity index (χ0n) is 16.7. The molecule has 0 atom stereocenters. The number of carbonyl (C=O) groups is 2. The lowest BCUT2D eigenvalue weighted by atomic mass is 10.1. The van der Waals surface area contributed by atoms with E-state index in [1.807, 2.05) is 56.3 Å². The van der Waals surface area contributed by atoms with Crippen molar-refractivity contribution in [2.45, 2.75) is 20.4 Å². The number of carbonyl (C=O) groups excluding carboxylic acids is 2. The minimum Gasteiger partial charge on any atom is -0.482 e. The zero-order chi connectivity index (χ0) is 21.3. The minimum absolute atomic E-state index is 0.0128. The lowest BCUT2D eigenvalue weighted by Gasteiger charge is -2.16. The number of rotatable bonds is 5. The molecule has 6 heteroatoms. The number of hydrogen-bond acceptors (Lipinski definition) is 3. The summed E-state index contributed by atoms with van der Waals surface area (Å²) >= 11 is 6.21. The third-order valence-corrected chi connectivity index (χ3v) is 5.29. The van der Waals surface area contributed by atoms with Gasteiger partial charge in [-0.15, -0.1) is 0 Å². The average molecular weight is 421 g/mol. The van der Waals surface area contributed by atoms with E-state index in [1.165, 1.54) is 0 Å². The highest BCUT2D eigenvalue weighted by molar-refractivity contribution is 6.32. The molecule has 1 aliphatic heterocycles. The van der Waals surface area contributed by atoms with E-state index < -0.39 is 0 Å². The van der Waals surface area contributed by atoms with E-state index in [0.29, 0.717) is 23.0 Å². The van der Waals surface area contributed by atoms with Gasteiger partial charge in [-0.05, 0) is 66.9 Å². The molecule has 0 radical (unpaired) electrons. The number of nitrogens with zero attached hydrogens (tertiary/aromatic N) is 1. The van der Waals surface area contributed by atoms with Crippen molar-refractivity contribution in [3.05, 3.63) is 87.9 Å². The van der Waals surface area contributed by atoms with E-state index in [9.17, 15) is 9.59 Å². The summed E-state index contributed by atoms with van der Waals surface area (Å²) in [6.07, 6.45) is 0. The van der Waals surface area contributed by atoms with Crippen LogP contribution in [0.15, 0.2) is 60.7 Å². The van der Waals surface area contributed by atoms with E-state index in [0.717, 1.165) is 27.9 Å².